The monoisotopic (exact) mass is 346 g/mol. The summed E-state index contributed by atoms with van der Waals surface area (Å²) in [7, 11) is 3.06. The molecule has 0 aliphatic heterocycles. The van der Waals surface area contributed by atoms with Crippen LogP contribution in [0, 0.1) is 5.82 Å². The van der Waals surface area contributed by atoms with Crippen molar-refractivity contribution in [2.24, 2.45) is 5.73 Å². The number of hydrogen-bond acceptors (Lipinski definition) is 4. The minimum Gasteiger partial charge on any atom is -0.497 e. The Bertz CT molecular complexity index is 734. The van der Waals surface area contributed by atoms with Gasteiger partial charge in [-0.2, -0.15) is 0 Å². The minimum absolute atomic E-state index is 0.165. The lowest BCUT2D eigenvalue weighted by Gasteiger charge is -2.23. The summed E-state index contributed by atoms with van der Waals surface area (Å²) >= 11 is 0. The van der Waals surface area contributed by atoms with Crippen molar-refractivity contribution in [2.45, 2.75) is 25.4 Å². The van der Waals surface area contributed by atoms with Crippen LogP contribution in [0.1, 0.15) is 30.5 Å². The average Bonchev–Trinajstić information content (AvgIpc) is 2.59. The molecule has 0 radical (unpaired) electrons. The Morgan fingerprint density at radius 1 is 1.20 bits per heavy atom. The third kappa shape index (κ3) is 4.93. The number of ether oxygens (including phenoxy) is 2. The standard InChI is InChI=1S/C19H23FN2O3/c1-12(21)9-18(23)22-19(13-5-4-6-15(10-13)24-2)16-11-14(20)7-8-17(16)25-3/h4-8,10-12,19H,9,21H2,1-3H3,(H,22,23). The van der Waals surface area contributed by atoms with Crippen LogP contribution in [0.25, 0.3) is 0 Å². The van der Waals surface area contributed by atoms with Crippen molar-refractivity contribution >= 4 is 5.91 Å². The smallest absolute Gasteiger partial charge is 0.222 e. The van der Waals surface area contributed by atoms with E-state index in [0.29, 0.717) is 17.1 Å². The van der Waals surface area contributed by atoms with Crippen LogP contribution in [0.5, 0.6) is 11.5 Å². The molecule has 0 bridgehead atoms. The first kappa shape index (κ1) is 18.7. The van der Waals surface area contributed by atoms with Gasteiger partial charge in [0.05, 0.1) is 20.3 Å². The van der Waals surface area contributed by atoms with Gasteiger partial charge in [-0.1, -0.05) is 12.1 Å². The zero-order valence-corrected chi connectivity index (χ0v) is 14.6. The van der Waals surface area contributed by atoms with E-state index in [1.165, 1.54) is 25.3 Å². The molecule has 0 fully saturated rings. The van der Waals surface area contributed by atoms with Crippen LogP contribution in [0.4, 0.5) is 4.39 Å². The average molecular weight is 346 g/mol. The minimum atomic E-state index is -0.591. The molecule has 2 unspecified atom stereocenters. The number of benzene rings is 2. The molecule has 0 aliphatic rings. The Morgan fingerprint density at radius 3 is 2.60 bits per heavy atom. The lowest BCUT2D eigenvalue weighted by molar-refractivity contribution is -0.121. The first-order valence-corrected chi connectivity index (χ1v) is 7.97. The number of carbonyl (C=O) groups excluding carboxylic acids is 1. The summed E-state index contributed by atoms with van der Waals surface area (Å²) in [6.45, 7) is 1.75. The molecule has 0 spiro atoms. The van der Waals surface area contributed by atoms with Gasteiger partial charge in [-0.3, -0.25) is 4.79 Å². The van der Waals surface area contributed by atoms with E-state index in [2.05, 4.69) is 5.32 Å². The van der Waals surface area contributed by atoms with Crippen molar-refractivity contribution in [3.63, 3.8) is 0 Å². The van der Waals surface area contributed by atoms with Crippen molar-refractivity contribution in [3.05, 3.63) is 59.4 Å². The zero-order valence-electron chi connectivity index (χ0n) is 14.6. The summed E-state index contributed by atoms with van der Waals surface area (Å²) < 4.78 is 24.4. The number of nitrogens with one attached hydrogen (secondary N) is 1. The summed E-state index contributed by atoms with van der Waals surface area (Å²) in [5.74, 6) is 0.480. The summed E-state index contributed by atoms with van der Waals surface area (Å²) in [6, 6.07) is 10.6. The Hall–Kier alpha value is -2.60. The first-order chi connectivity index (χ1) is 11.9. The van der Waals surface area contributed by atoms with Crippen LogP contribution >= 0.6 is 0 Å². The van der Waals surface area contributed by atoms with E-state index >= 15 is 0 Å². The van der Waals surface area contributed by atoms with Crippen molar-refractivity contribution in [1.29, 1.82) is 0 Å². The number of rotatable bonds is 7. The molecule has 0 saturated carbocycles. The van der Waals surface area contributed by atoms with Crippen LogP contribution in [-0.4, -0.2) is 26.2 Å². The Morgan fingerprint density at radius 2 is 1.96 bits per heavy atom. The maximum absolute atomic E-state index is 13.8. The molecule has 1 amide bonds. The Balaban J connectivity index is 2.48. The fourth-order valence-corrected chi connectivity index (χ4v) is 2.60. The number of amides is 1. The second-order valence-electron chi connectivity index (χ2n) is 5.84. The lowest BCUT2D eigenvalue weighted by atomic mass is 9.97. The fourth-order valence-electron chi connectivity index (χ4n) is 2.60. The SMILES string of the molecule is COc1cccc(C(NC(=O)CC(C)N)c2cc(F)ccc2OC)c1. The van der Waals surface area contributed by atoms with Gasteiger partial charge in [-0.05, 0) is 42.8 Å². The number of carbonyl (C=O) groups is 1. The quantitative estimate of drug-likeness (QED) is 0.808. The fraction of sp³-hybridized carbons (Fsp3) is 0.316. The summed E-state index contributed by atoms with van der Waals surface area (Å²) in [4.78, 5) is 12.3. The molecule has 2 atom stereocenters. The maximum Gasteiger partial charge on any atom is 0.222 e. The molecule has 3 N–H and O–H groups in total. The van der Waals surface area contributed by atoms with Crippen LogP contribution in [-0.2, 0) is 4.79 Å². The second-order valence-corrected chi connectivity index (χ2v) is 5.84. The van der Waals surface area contributed by atoms with Crippen molar-refractivity contribution < 1.29 is 18.7 Å². The van der Waals surface area contributed by atoms with Crippen LogP contribution in [0.15, 0.2) is 42.5 Å². The van der Waals surface area contributed by atoms with Gasteiger partial charge < -0.3 is 20.5 Å². The molecule has 0 aromatic heterocycles. The van der Waals surface area contributed by atoms with Crippen molar-refractivity contribution in [1.82, 2.24) is 5.32 Å². The van der Waals surface area contributed by atoms with Gasteiger partial charge in [-0.25, -0.2) is 4.39 Å². The lowest BCUT2D eigenvalue weighted by Crippen LogP contribution is -2.33. The number of halogens is 1. The largest absolute Gasteiger partial charge is 0.497 e. The molecule has 0 saturated heterocycles. The van der Waals surface area contributed by atoms with E-state index in [-0.39, 0.29) is 18.4 Å². The van der Waals surface area contributed by atoms with Crippen LogP contribution < -0.4 is 20.5 Å². The predicted octanol–water partition coefficient (Wildman–Crippen LogP) is 2.79. The highest BCUT2D eigenvalue weighted by Crippen LogP contribution is 2.32. The predicted molar refractivity (Wildman–Crippen MR) is 94.2 cm³/mol. The van der Waals surface area contributed by atoms with Crippen molar-refractivity contribution in [3.8, 4) is 11.5 Å². The molecular weight excluding hydrogens is 323 g/mol. The topological polar surface area (TPSA) is 73.6 Å². The van der Waals surface area contributed by atoms with E-state index in [4.69, 9.17) is 15.2 Å². The molecule has 0 aliphatic carbocycles. The number of nitrogens with two attached hydrogens (primary N) is 1. The molecule has 2 aromatic carbocycles. The molecule has 5 nitrogen and oxygen atoms in total. The van der Waals surface area contributed by atoms with Gasteiger partial charge in [-0.15, -0.1) is 0 Å². The normalized spacial score (nSPS) is 13.0. The zero-order chi connectivity index (χ0) is 18.4. The van der Waals surface area contributed by atoms with Gasteiger partial charge in [0, 0.05) is 18.0 Å². The third-order valence-electron chi connectivity index (χ3n) is 3.74. The van der Waals surface area contributed by atoms with Gasteiger partial charge in [0.1, 0.15) is 17.3 Å². The van der Waals surface area contributed by atoms with Gasteiger partial charge >= 0.3 is 0 Å². The van der Waals surface area contributed by atoms with Crippen molar-refractivity contribution in [2.75, 3.05) is 14.2 Å². The highest BCUT2D eigenvalue weighted by molar-refractivity contribution is 5.77. The van der Waals surface area contributed by atoms with E-state index < -0.39 is 11.9 Å². The number of hydrogen-bond donors (Lipinski definition) is 2. The molecule has 25 heavy (non-hydrogen) atoms. The van der Waals surface area contributed by atoms with E-state index in [1.807, 2.05) is 12.1 Å². The maximum atomic E-state index is 13.8. The molecule has 2 rings (SSSR count). The third-order valence-corrected chi connectivity index (χ3v) is 3.74. The first-order valence-electron chi connectivity index (χ1n) is 7.97. The highest BCUT2D eigenvalue weighted by atomic mass is 19.1. The Labute approximate surface area is 146 Å². The Kier molecular flexibility index (Phi) is 6.36. The number of methoxy groups -OCH3 is 2. The highest BCUT2D eigenvalue weighted by Gasteiger charge is 2.22. The molecular formula is C19H23FN2O3. The van der Waals surface area contributed by atoms with Gasteiger partial charge in [0.25, 0.3) is 0 Å². The summed E-state index contributed by atoms with van der Waals surface area (Å²) in [5.41, 5.74) is 6.98. The van der Waals surface area contributed by atoms with E-state index in [9.17, 15) is 9.18 Å². The summed E-state index contributed by atoms with van der Waals surface area (Å²) in [6.07, 6.45) is 0.165. The van der Waals surface area contributed by atoms with E-state index in [1.54, 1.807) is 26.2 Å². The molecule has 134 valence electrons. The molecule has 0 heterocycles. The van der Waals surface area contributed by atoms with Crippen LogP contribution in [0.3, 0.4) is 0 Å². The van der Waals surface area contributed by atoms with Gasteiger partial charge in [0.2, 0.25) is 5.91 Å². The molecule has 6 heteroatoms. The molecule has 2 aromatic rings. The van der Waals surface area contributed by atoms with Gasteiger partial charge in [0.15, 0.2) is 0 Å². The second kappa shape index (κ2) is 8.48. The van der Waals surface area contributed by atoms with E-state index in [0.717, 1.165) is 5.56 Å². The summed E-state index contributed by atoms with van der Waals surface area (Å²) in [5, 5.41) is 2.91. The van der Waals surface area contributed by atoms with Crippen LogP contribution in [0.2, 0.25) is 0 Å².